The number of anilines is 2. The Morgan fingerprint density at radius 1 is 0.828 bits per heavy atom. The number of esters is 2. The molecule has 0 spiro atoms. The maximum atomic E-state index is 12.5. The zero-order chi connectivity index (χ0) is 20.6. The number of para-hydroxylation sites is 2. The minimum atomic E-state index is -0.603. The van der Waals surface area contributed by atoms with Gasteiger partial charge in [-0.05, 0) is 48.5 Å². The number of carbonyl (C=O) groups excluding carboxylic acids is 3. The molecule has 0 fully saturated rings. The minimum absolute atomic E-state index is 0.328. The fourth-order valence-electron chi connectivity index (χ4n) is 2.61. The fraction of sp³-hybridized carbons (Fsp3) is 0.0870. The summed E-state index contributed by atoms with van der Waals surface area (Å²) in [6, 6.07) is 22.4. The molecule has 29 heavy (non-hydrogen) atoms. The second-order valence-electron chi connectivity index (χ2n) is 6.15. The van der Waals surface area contributed by atoms with E-state index >= 15 is 0 Å². The van der Waals surface area contributed by atoms with Gasteiger partial charge in [-0.15, -0.1) is 0 Å². The molecular formula is C23H19NO5. The number of benzene rings is 3. The van der Waals surface area contributed by atoms with Crippen LogP contribution in [0, 0.1) is 0 Å². The molecule has 0 aliphatic carbocycles. The Labute approximate surface area is 168 Å². The van der Waals surface area contributed by atoms with E-state index in [9.17, 15) is 14.4 Å². The Morgan fingerprint density at radius 2 is 1.48 bits per heavy atom. The van der Waals surface area contributed by atoms with Crippen molar-refractivity contribution in [3.8, 4) is 5.75 Å². The third-order valence-electron chi connectivity index (χ3n) is 3.97. The van der Waals surface area contributed by atoms with Crippen LogP contribution in [0.1, 0.15) is 27.6 Å². The van der Waals surface area contributed by atoms with Gasteiger partial charge in [-0.1, -0.05) is 30.3 Å². The first-order chi connectivity index (χ1) is 14.0. The molecule has 3 aromatic rings. The first kappa shape index (κ1) is 19.8. The number of hydrogen-bond acceptors (Lipinski definition) is 6. The summed E-state index contributed by atoms with van der Waals surface area (Å²) < 4.78 is 10.1. The third kappa shape index (κ3) is 5.52. The van der Waals surface area contributed by atoms with Crippen LogP contribution in [0.2, 0.25) is 0 Å². The molecule has 6 heteroatoms. The minimum Gasteiger partial charge on any atom is -0.454 e. The van der Waals surface area contributed by atoms with E-state index in [0.29, 0.717) is 22.6 Å². The predicted octanol–water partition coefficient (Wildman–Crippen LogP) is 4.40. The molecule has 3 rings (SSSR count). The van der Waals surface area contributed by atoms with Crippen LogP contribution in [0.25, 0.3) is 0 Å². The smallest absolute Gasteiger partial charge is 0.340 e. The number of Topliss-reactive ketones (excluding diaryl/α,β-unsaturated/α-hetero) is 1. The Morgan fingerprint density at radius 3 is 2.17 bits per heavy atom. The highest BCUT2D eigenvalue weighted by Crippen LogP contribution is 2.21. The number of rotatable bonds is 7. The summed E-state index contributed by atoms with van der Waals surface area (Å²) in [4.78, 5) is 35.7. The lowest BCUT2D eigenvalue weighted by molar-refractivity contribution is -0.131. The molecule has 0 saturated heterocycles. The zero-order valence-corrected chi connectivity index (χ0v) is 15.8. The SMILES string of the molecule is CC(=O)Oc1ccc(C(=O)COC(=O)c2ccccc2Nc2ccccc2)cc1. The molecule has 0 bridgehead atoms. The average Bonchev–Trinajstić information content (AvgIpc) is 2.73. The largest absolute Gasteiger partial charge is 0.454 e. The van der Waals surface area contributed by atoms with Crippen molar-refractivity contribution in [1.82, 2.24) is 0 Å². The van der Waals surface area contributed by atoms with Crippen molar-refractivity contribution in [2.45, 2.75) is 6.92 Å². The monoisotopic (exact) mass is 389 g/mol. The molecule has 6 nitrogen and oxygen atoms in total. The van der Waals surface area contributed by atoms with Gasteiger partial charge in [0.2, 0.25) is 0 Å². The molecule has 0 unspecified atom stereocenters. The van der Waals surface area contributed by atoms with E-state index in [0.717, 1.165) is 5.69 Å². The molecule has 0 radical (unpaired) electrons. The third-order valence-corrected chi connectivity index (χ3v) is 3.97. The molecule has 0 aliphatic rings. The van der Waals surface area contributed by atoms with Crippen LogP contribution in [-0.2, 0) is 9.53 Å². The summed E-state index contributed by atoms with van der Waals surface area (Å²) in [5.41, 5.74) is 2.09. The highest BCUT2D eigenvalue weighted by molar-refractivity contribution is 6.01. The van der Waals surface area contributed by atoms with Crippen LogP contribution in [0.3, 0.4) is 0 Å². The normalized spacial score (nSPS) is 10.1. The van der Waals surface area contributed by atoms with Gasteiger partial charge >= 0.3 is 11.9 Å². The van der Waals surface area contributed by atoms with Crippen molar-refractivity contribution < 1.29 is 23.9 Å². The number of carbonyl (C=O) groups is 3. The molecule has 0 aromatic heterocycles. The van der Waals surface area contributed by atoms with Gasteiger partial charge in [0.25, 0.3) is 0 Å². The second-order valence-corrected chi connectivity index (χ2v) is 6.15. The predicted molar refractivity (Wildman–Crippen MR) is 109 cm³/mol. The Bertz CT molecular complexity index is 1010. The van der Waals surface area contributed by atoms with Gasteiger partial charge in [0.05, 0.1) is 11.3 Å². The van der Waals surface area contributed by atoms with Crippen molar-refractivity contribution in [2.24, 2.45) is 0 Å². The summed E-state index contributed by atoms with van der Waals surface area (Å²) in [5.74, 6) is -1.07. The van der Waals surface area contributed by atoms with Gasteiger partial charge in [0, 0.05) is 18.2 Å². The summed E-state index contributed by atoms with van der Waals surface area (Å²) in [6.45, 7) is 0.897. The summed E-state index contributed by atoms with van der Waals surface area (Å²) in [7, 11) is 0. The quantitative estimate of drug-likeness (QED) is 0.367. The highest BCUT2D eigenvalue weighted by Gasteiger charge is 2.15. The van der Waals surface area contributed by atoms with Crippen LogP contribution in [-0.4, -0.2) is 24.3 Å². The molecule has 0 atom stereocenters. The molecule has 0 heterocycles. The molecule has 1 N–H and O–H groups in total. The van der Waals surface area contributed by atoms with Crippen LogP contribution in [0.5, 0.6) is 5.75 Å². The van der Waals surface area contributed by atoms with Gasteiger partial charge in [-0.25, -0.2) is 4.79 Å². The van der Waals surface area contributed by atoms with Gasteiger partial charge in [-0.2, -0.15) is 0 Å². The first-order valence-corrected chi connectivity index (χ1v) is 8.93. The van der Waals surface area contributed by atoms with Crippen LogP contribution in [0.15, 0.2) is 78.9 Å². The molecule has 0 amide bonds. The maximum Gasteiger partial charge on any atom is 0.340 e. The Balaban J connectivity index is 1.63. The lowest BCUT2D eigenvalue weighted by atomic mass is 10.1. The molecule has 3 aromatic carbocycles. The van der Waals surface area contributed by atoms with E-state index < -0.39 is 18.5 Å². The standard InChI is InChI=1S/C23H19NO5/c1-16(25)29-19-13-11-17(12-14-19)22(26)15-28-23(27)20-9-5-6-10-21(20)24-18-7-3-2-4-8-18/h2-14,24H,15H2,1H3. The van der Waals surface area contributed by atoms with E-state index in [2.05, 4.69) is 5.32 Å². The van der Waals surface area contributed by atoms with Crippen molar-refractivity contribution in [2.75, 3.05) is 11.9 Å². The number of ketones is 1. The molecule has 146 valence electrons. The lowest BCUT2D eigenvalue weighted by Crippen LogP contribution is -2.15. The van der Waals surface area contributed by atoms with E-state index in [1.54, 1.807) is 24.3 Å². The second kappa shape index (κ2) is 9.32. The van der Waals surface area contributed by atoms with Gasteiger partial charge in [0.15, 0.2) is 12.4 Å². The van der Waals surface area contributed by atoms with E-state index in [1.165, 1.54) is 31.2 Å². The van der Waals surface area contributed by atoms with Gasteiger partial charge in [0.1, 0.15) is 5.75 Å². The van der Waals surface area contributed by atoms with Crippen LogP contribution < -0.4 is 10.1 Å². The molecular weight excluding hydrogens is 370 g/mol. The lowest BCUT2D eigenvalue weighted by Gasteiger charge is -2.11. The zero-order valence-electron chi connectivity index (χ0n) is 15.8. The fourth-order valence-corrected chi connectivity index (χ4v) is 2.61. The average molecular weight is 389 g/mol. The highest BCUT2D eigenvalue weighted by atomic mass is 16.5. The van der Waals surface area contributed by atoms with E-state index in [4.69, 9.17) is 9.47 Å². The number of nitrogens with one attached hydrogen (secondary N) is 1. The van der Waals surface area contributed by atoms with E-state index in [-0.39, 0.29) is 5.78 Å². The Kier molecular flexibility index (Phi) is 6.37. The topological polar surface area (TPSA) is 81.7 Å². The van der Waals surface area contributed by atoms with Crippen LogP contribution in [0.4, 0.5) is 11.4 Å². The van der Waals surface area contributed by atoms with Gasteiger partial charge in [-0.3, -0.25) is 9.59 Å². The van der Waals surface area contributed by atoms with E-state index in [1.807, 2.05) is 30.3 Å². The van der Waals surface area contributed by atoms with Crippen molar-refractivity contribution in [1.29, 1.82) is 0 Å². The maximum absolute atomic E-state index is 12.5. The molecule has 0 saturated carbocycles. The summed E-state index contributed by atoms with van der Waals surface area (Å²) in [6.07, 6.45) is 0. The van der Waals surface area contributed by atoms with Crippen LogP contribution >= 0.6 is 0 Å². The van der Waals surface area contributed by atoms with Crippen molar-refractivity contribution in [3.63, 3.8) is 0 Å². The van der Waals surface area contributed by atoms with Crippen molar-refractivity contribution in [3.05, 3.63) is 90.0 Å². The number of ether oxygens (including phenoxy) is 2. The first-order valence-electron chi connectivity index (χ1n) is 8.93. The Hall–Kier alpha value is -3.93. The van der Waals surface area contributed by atoms with Crippen molar-refractivity contribution >= 4 is 29.1 Å². The number of hydrogen-bond donors (Lipinski definition) is 1. The van der Waals surface area contributed by atoms with Gasteiger partial charge < -0.3 is 14.8 Å². The summed E-state index contributed by atoms with van der Waals surface area (Å²) in [5, 5.41) is 3.17. The summed E-state index contributed by atoms with van der Waals surface area (Å²) >= 11 is 0. The molecule has 0 aliphatic heterocycles.